The molecule has 0 aromatic heterocycles. The molecule has 5 aliphatic carbocycles. The molecular formula is C58H92O29. The van der Waals surface area contributed by atoms with Crippen molar-refractivity contribution in [2.45, 2.75) is 240 Å². The summed E-state index contributed by atoms with van der Waals surface area (Å²) in [6.07, 6.45) is -34.3. The zero-order chi connectivity index (χ0) is 63.6. The third-order valence-corrected chi connectivity index (χ3v) is 22.7. The van der Waals surface area contributed by atoms with Crippen LogP contribution < -0.4 is 0 Å². The summed E-state index contributed by atoms with van der Waals surface area (Å²) in [6, 6.07) is 0. The van der Waals surface area contributed by atoms with E-state index in [1.807, 2.05) is 6.92 Å². The lowest BCUT2D eigenvalue weighted by Crippen LogP contribution is -2.72. The van der Waals surface area contributed by atoms with Crippen LogP contribution >= 0.6 is 0 Å². The van der Waals surface area contributed by atoms with Crippen LogP contribution in [0.4, 0.5) is 0 Å². The van der Waals surface area contributed by atoms with Crippen LogP contribution in [-0.4, -0.2) is 287 Å². The summed E-state index contributed by atoms with van der Waals surface area (Å²) in [5.74, 6) is -3.57. The van der Waals surface area contributed by atoms with E-state index in [4.69, 9.17) is 52.1 Å². The van der Waals surface area contributed by atoms with Gasteiger partial charge in [-0.25, -0.2) is 0 Å². The smallest absolute Gasteiger partial charge is 0.317 e. The van der Waals surface area contributed by atoms with Crippen LogP contribution in [0.25, 0.3) is 0 Å². The number of allylic oxidation sites excluding steroid dienone is 2. The average molecular weight is 1250 g/mol. The van der Waals surface area contributed by atoms with Crippen LogP contribution in [-0.2, 0) is 61.7 Å². The van der Waals surface area contributed by atoms with Gasteiger partial charge >= 0.3 is 11.9 Å². The lowest BCUT2D eigenvalue weighted by Gasteiger charge is -2.72. The maximum Gasteiger partial charge on any atom is 0.317 e. The molecule has 0 aromatic carbocycles. The summed E-state index contributed by atoms with van der Waals surface area (Å²) in [7, 11) is 1.14. The van der Waals surface area contributed by atoms with Gasteiger partial charge in [-0.05, 0) is 97.7 Å². The van der Waals surface area contributed by atoms with Crippen molar-refractivity contribution in [3.05, 3.63) is 11.6 Å². The Hall–Kier alpha value is -2.32. The Morgan fingerprint density at radius 3 is 1.91 bits per heavy atom. The van der Waals surface area contributed by atoms with Crippen LogP contribution in [0.5, 0.6) is 0 Å². The molecule has 5 aliphatic heterocycles. The maximum atomic E-state index is 15.5. The molecule has 29 heteroatoms. The fourth-order valence-electron chi connectivity index (χ4n) is 17.5. The Balaban J connectivity index is 0.877. The summed E-state index contributed by atoms with van der Waals surface area (Å²) in [6.45, 7) is 7.57. The molecule has 0 radical (unpaired) electrons. The zero-order valence-corrected chi connectivity index (χ0v) is 50.0. The third kappa shape index (κ3) is 10.8. The number of hydrogen-bond acceptors (Lipinski definition) is 29. The van der Waals surface area contributed by atoms with E-state index in [-0.39, 0.29) is 37.0 Å². The van der Waals surface area contributed by atoms with E-state index in [2.05, 4.69) is 33.8 Å². The number of carbonyl (C=O) groups is 2. The Morgan fingerprint density at radius 2 is 1.25 bits per heavy atom. The van der Waals surface area contributed by atoms with Crippen molar-refractivity contribution in [2.75, 3.05) is 46.8 Å². The van der Waals surface area contributed by atoms with Gasteiger partial charge in [0, 0.05) is 0 Å². The molecule has 29 nitrogen and oxygen atoms in total. The molecule has 0 unspecified atom stereocenters. The molecule has 16 N–H and O–H groups in total. The van der Waals surface area contributed by atoms with E-state index >= 15 is 4.79 Å². The molecule has 0 spiro atoms. The molecule has 4 saturated carbocycles. The third-order valence-electron chi connectivity index (χ3n) is 22.7. The predicted molar refractivity (Wildman–Crippen MR) is 287 cm³/mol. The first-order chi connectivity index (χ1) is 40.8. The summed E-state index contributed by atoms with van der Waals surface area (Å²) in [5, 5.41) is 177. The lowest BCUT2D eigenvalue weighted by atomic mass is 9.33. The van der Waals surface area contributed by atoms with Crippen LogP contribution in [0.2, 0.25) is 0 Å². The topological polar surface area (TPSA) is 459 Å². The molecule has 32 atom stereocenters. The molecule has 5 heterocycles. The summed E-state index contributed by atoms with van der Waals surface area (Å²) in [4.78, 5) is 29.9. The van der Waals surface area contributed by atoms with Gasteiger partial charge in [-0.2, -0.15) is 0 Å². The summed E-state index contributed by atoms with van der Waals surface area (Å²) < 4.78 is 63.9. The summed E-state index contributed by atoms with van der Waals surface area (Å²) in [5.41, 5.74) is -7.73. The number of methoxy groups -OCH3 is 1. The van der Waals surface area contributed by atoms with E-state index in [1.54, 1.807) is 0 Å². The minimum absolute atomic E-state index is 0.000485. The van der Waals surface area contributed by atoms with Gasteiger partial charge in [0.05, 0.1) is 65.1 Å². The minimum atomic E-state index is -2.08. The monoisotopic (exact) mass is 1250 g/mol. The van der Waals surface area contributed by atoms with Crippen molar-refractivity contribution in [3.8, 4) is 0 Å². The second-order valence-electron chi connectivity index (χ2n) is 28.0. The Kier molecular flexibility index (Phi) is 19.1. The van der Waals surface area contributed by atoms with Crippen molar-refractivity contribution in [2.24, 2.45) is 50.2 Å². The first kappa shape index (κ1) is 67.6. The van der Waals surface area contributed by atoms with Gasteiger partial charge in [0.1, 0.15) is 102 Å². The second kappa shape index (κ2) is 24.5. The highest BCUT2D eigenvalue weighted by atomic mass is 16.8. The number of carbonyl (C=O) groups excluding carboxylic acids is 2. The number of esters is 2. The van der Waals surface area contributed by atoms with Gasteiger partial charge < -0.3 is 134 Å². The molecular weight excluding hydrogens is 1160 g/mol. The quantitative estimate of drug-likeness (QED) is 0.0439. The van der Waals surface area contributed by atoms with E-state index in [1.165, 1.54) is 6.92 Å². The molecule has 0 amide bonds. The fraction of sp³-hybridized carbons (Fsp3) is 0.931. The van der Waals surface area contributed by atoms with Crippen molar-refractivity contribution < 1.29 is 143 Å². The Morgan fingerprint density at radius 1 is 0.609 bits per heavy atom. The second-order valence-corrected chi connectivity index (χ2v) is 28.0. The first-order valence-electron chi connectivity index (χ1n) is 30.3. The molecule has 0 aromatic rings. The number of fused-ring (bicyclic) bond motifs is 7. The van der Waals surface area contributed by atoms with E-state index in [0.717, 1.165) is 12.7 Å². The number of aliphatic hydroxyl groups excluding tert-OH is 15. The van der Waals surface area contributed by atoms with Crippen molar-refractivity contribution in [1.29, 1.82) is 0 Å². The van der Waals surface area contributed by atoms with Crippen molar-refractivity contribution in [3.63, 3.8) is 0 Å². The van der Waals surface area contributed by atoms with Gasteiger partial charge in [0.2, 0.25) is 6.29 Å². The van der Waals surface area contributed by atoms with E-state index in [9.17, 15) is 86.5 Å². The number of aliphatic hydroxyl groups is 16. The number of hydrogen-bond donors (Lipinski definition) is 16. The highest BCUT2D eigenvalue weighted by Crippen LogP contribution is 2.76. The number of ether oxygens (including phenoxy) is 11. The lowest BCUT2D eigenvalue weighted by molar-refractivity contribution is -0.372. The first-order valence-corrected chi connectivity index (χ1v) is 30.3. The molecule has 10 rings (SSSR count). The Labute approximate surface area is 502 Å². The molecule has 10 aliphatic rings. The van der Waals surface area contributed by atoms with Crippen LogP contribution in [0.1, 0.15) is 92.9 Å². The van der Waals surface area contributed by atoms with Gasteiger partial charge in [0.25, 0.3) is 0 Å². The van der Waals surface area contributed by atoms with Crippen molar-refractivity contribution >= 4 is 11.9 Å². The van der Waals surface area contributed by atoms with Gasteiger partial charge in [-0.1, -0.05) is 46.3 Å². The van der Waals surface area contributed by atoms with Gasteiger partial charge in [-0.15, -0.1) is 0 Å². The molecule has 9 fully saturated rings. The van der Waals surface area contributed by atoms with Crippen LogP contribution in [0.3, 0.4) is 0 Å². The van der Waals surface area contributed by atoms with E-state index < -0.39 is 237 Å². The predicted octanol–water partition coefficient (Wildman–Crippen LogP) is -5.20. The standard InChI is InChI=1S/C58H92O29/c1-23-40(83-45-39(72)41(28(64)19-78-45)84-49-43(73)56(76,20-60)22-80-49)36(69)38(71)46(81-23)85-42-33(66)27(63)18-79-48(42)87-51(75)57-13-12-52(2,3)14-25(57)24-8-9-30-53(4)15-26(62)44(86-47-37(70)35(68)34(67)29(17-59)82-47)58(21-61,50(74)77-7)31(53)10-11-54(30,5)55(24,6)16-32(57)65/h8,23,25-49,59-73,76H,9-22H2,1-7H3/t23-,25-,26-,27-,28+,29+,30+,31+,32+,33-,34+,35-,36-,37+,38+,39+,40-,41-,42+,43-,44-,45-,46-,47-,48-,49-,53+,54+,55+,56+,57+,58+/m0/s1. The van der Waals surface area contributed by atoms with Crippen LogP contribution in [0, 0.1) is 50.2 Å². The van der Waals surface area contributed by atoms with Gasteiger partial charge in [-0.3, -0.25) is 9.59 Å². The largest absolute Gasteiger partial charge is 0.468 e. The Bertz CT molecular complexity index is 2490. The fourth-order valence-corrected chi connectivity index (χ4v) is 17.5. The molecule has 0 bridgehead atoms. The molecule has 498 valence electrons. The normalized spacial score (nSPS) is 54.0. The zero-order valence-electron chi connectivity index (χ0n) is 50.0. The van der Waals surface area contributed by atoms with Crippen LogP contribution in [0.15, 0.2) is 11.6 Å². The summed E-state index contributed by atoms with van der Waals surface area (Å²) >= 11 is 0. The highest BCUT2D eigenvalue weighted by molar-refractivity contribution is 5.80. The average Bonchev–Trinajstić information content (AvgIpc) is 0.931. The van der Waals surface area contributed by atoms with Crippen molar-refractivity contribution in [1.82, 2.24) is 0 Å². The SMILES string of the molecule is COC(=O)[C@]1(CO)[C@@H]2CC[C@]3(C)[C@H](CC=C4[C@@H]5CC(C)(C)CC[C@]5(C(=O)O[C@@H]5OC[C@H](O)[C@H](O)[C@H]5O[C@@H]5O[C@@H](C)[C@H](O[C@@H]6OC[C@@H](O)[C@H](O[C@@H]7OC[C@](O)(CO)[C@H]7O)[C@H]6O)[C@@H](O)[C@H]5O)[C@H](O)C[C@]43C)[C@@]2(C)C[C@H](O)[C@@H]1O[C@@H]1O[C@H](CO)[C@@H](O)[C@H](O)[C@H]1O. The highest BCUT2D eigenvalue weighted by Gasteiger charge is 2.75. The molecule has 87 heavy (non-hydrogen) atoms. The van der Waals surface area contributed by atoms with Gasteiger partial charge in [0.15, 0.2) is 31.3 Å². The maximum absolute atomic E-state index is 15.5. The van der Waals surface area contributed by atoms with E-state index in [0.29, 0.717) is 25.7 Å². The molecule has 5 saturated heterocycles. The number of rotatable bonds is 14. The minimum Gasteiger partial charge on any atom is -0.468 e.